The molecule has 0 amide bonds. The number of rotatable bonds is 5. The first-order valence-corrected chi connectivity index (χ1v) is 11.2. The number of aromatic nitrogens is 1. The number of piperazine rings is 1. The Morgan fingerprint density at radius 2 is 1.80 bits per heavy atom. The average Bonchev–Trinajstić information content (AvgIpc) is 3.22. The van der Waals surface area contributed by atoms with Gasteiger partial charge in [-0.15, -0.1) is 0 Å². The molecule has 4 heterocycles. The quantitative estimate of drug-likeness (QED) is 0.758. The van der Waals surface area contributed by atoms with Crippen LogP contribution in [-0.4, -0.2) is 71.8 Å². The number of hydrogen-bond donors (Lipinski definition) is 0. The molecule has 1 atom stereocenters. The number of nitrogens with zero attached hydrogens (tertiary/aromatic N) is 4. The predicted molar refractivity (Wildman–Crippen MR) is 117 cm³/mol. The highest BCUT2D eigenvalue weighted by Crippen LogP contribution is 2.33. The van der Waals surface area contributed by atoms with Gasteiger partial charge in [0.05, 0.1) is 5.69 Å². The van der Waals surface area contributed by atoms with Gasteiger partial charge >= 0.3 is 0 Å². The lowest BCUT2D eigenvalue weighted by molar-refractivity contribution is 0.0474. The van der Waals surface area contributed by atoms with Crippen LogP contribution >= 0.6 is 0 Å². The SMILES string of the molecule is Cc1cccc(CN2CCCC(N3CCN(Cc4ccc5c(c4)OCO5)CC3)C2)n1. The molecule has 160 valence electrons. The third kappa shape index (κ3) is 4.61. The molecule has 1 aromatic heterocycles. The van der Waals surface area contributed by atoms with Crippen LogP contribution in [0.1, 0.15) is 29.8 Å². The fraction of sp³-hybridized carbons (Fsp3) is 0.542. The van der Waals surface area contributed by atoms with Crippen LogP contribution < -0.4 is 9.47 Å². The van der Waals surface area contributed by atoms with Crippen molar-refractivity contribution in [1.29, 1.82) is 0 Å². The zero-order valence-electron chi connectivity index (χ0n) is 17.9. The summed E-state index contributed by atoms with van der Waals surface area (Å²) in [5.74, 6) is 1.75. The number of fused-ring (bicyclic) bond motifs is 1. The van der Waals surface area contributed by atoms with E-state index in [-0.39, 0.29) is 0 Å². The molecule has 1 aromatic carbocycles. The van der Waals surface area contributed by atoms with Gasteiger partial charge in [0.15, 0.2) is 11.5 Å². The molecule has 2 saturated heterocycles. The minimum Gasteiger partial charge on any atom is -0.454 e. The Balaban J connectivity index is 1.12. The Morgan fingerprint density at radius 1 is 0.933 bits per heavy atom. The lowest BCUT2D eigenvalue weighted by Crippen LogP contribution is -2.54. The Hall–Kier alpha value is -2.15. The van der Waals surface area contributed by atoms with Crippen molar-refractivity contribution in [2.75, 3.05) is 46.1 Å². The summed E-state index contributed by atoms with van der Waals surface area (Å²) < 4.78 is 11.0. The van der Waals surface area contributed by atoms with E-state index in [1.807, 2.05) is 6.07 Å². The first-order valence-electron chi connectivity index (χ1n) is 11.2. The van der Waals surface area contributed by atoms with Gasteiger partial charge in [0.25, 0.3) is 0 Å². The van der Waals surface area contributed by atoms with Crippen LogP contribution in [0.15, 0.2) is 36.4 Å². The zero-order valence-corrected chi connectivity index (χ0v) is 17.9. The fourth-order valence-corrected chi connectivity index (χ4v) is 4.97. The number of aryl methyl sites for hydroxylation is 1. The van der Waals surface area contributed by atoms with Crippen LogP contribution in [0.5, 0.6) is 11.5 Å². The maximum absolute atomic E-state index is 5.53. The monoisotopic (exact) mass is 408 g/mol. The van der Waals surface area contributed by atoms with Crippen molar-refractivity contribution in [2.24, 2.45) is 0 Å². The Labute approximate surface area is 179 Å². The van der Waals surface area contributed by atoms with E-state index < -0.39 is 0 Å². The molecule has 0 N–H and O–H groups in total. The van der Waals surface area contributed by atoms with Gasteiger partial charge in [-0.1, -0.05) is 12.1 Å². The second-order valence-corrected chi connectivity index (χ2v) is 8.80. The topological polar surface area (TPSA) is 41.1 Å². The van der Waals surface area contributed by atoms with Crippen molar-refractivity contribution >= 4 is 0 Å². The second-order valence-electron chi connectivity index (χ2n) is 8.80. The molecule has 2 aromatic rings. The van der Waals surface area contributed by atoms with Crippen LogP contribution in [0.25, 0.3) is 0 Å². The van der Waals surface area contributed by atoms with Crippen molar-refractivity contribution < 1.29 is 9.47 Å². The summed E-state index contributed by atoms with van der Waals surface area (Å²) in [4.78, 5) is 12.6. The molecular weight excluding hydrogens is 376 g/mol. The van der Waals surface area contributed by atoms with Gasteiger partial charge in [0, 0.05) is 57.5 Å². The Kier molecular flexibility index (Phi) is 5.88. The number of pyridine rings is 1. The molecular formula is C24H32N4O2. The highest BCUT2D eigenvalue weighted by atomic mass is 16.7. The highest BCUT2D eigenvalue weighted by molar-refractivity contribution is 5.44. The minimum atomic E-state index is 0.343. The van der Waals surface area contributed by atoms with Crippen LogP contribution in [0.2, 0.25) is 0 Å². The maximum Gasteiger partial charge on any atom is 0.231 e. The highest BCUT2D eigenvalue weighted by Gasteiger charge is 2.28. The zero-order chi connectivity index (χ0) is 20.3. The van der Waals surface area contributed by atoms with E-state index in [2.05, 4.69) is 52.0 Å². The van der Waals surface area contributed by atoms with Gasteiger partial charge in [-0.05, 0) is 56.1 Å². The van der Waals surface area contributed by atoms with Crippen molar-refractivity contribution in [3.63, 3.8) is 0 Å². The van der Waals surface area contributed by atoms with E-state index in [1.165, 1.54) is 30.6 Å². The third-order valence-corrected chi connectivity index (χ3v) is 6.58. The molecule has 0 saturated carbocycles. The lowest BCUT2D eigenvalue weighted by atomic mass is 10.0. The molecule has 0 bridgehead atoms. The van der Waals surface area contributed by atoms with Crippen molar-refractivity contribution in [1.82, 2.24) is 19.7 Å². The molecule has 6 heteroatoms. The Bertz CT molecular complexity index is 866. The molecule has 0 radical (unpaired) electrons. The van der Waals surface area contributed by atoms with E-state index in [1.54, 1.807) is 0 Å². The lowest BCUT2D eigenvalue weighted by Gasteiger charge is -2.43. The number of likely N-dealkylation sites (tertiary alicyclic amines) is 1. The minimum absolute atomic E-state index is 0.343. The van der Waals surface area contributed by atoms with Crippen molar-refractivity contribution in [3.05, 3.63) is 53.3 Å². The molecule has 30 heavy (non-hydrogen) atoms. The van der Waals surface area contributed by atoms with Gasteiger partial charge in [0.1, 0.15) is 0 Å². The van der Waals surface area contributed by atoms with E-state index >= 15 is 0 Å². The normalized spacial score (nSPS) is 23.0. The van der Waals surface area contributed by atoms with Gasteiger partial charge in [-0.3, -0.25) is 19.7 Å². The molecule has 3 aliphatic rings. The van der Waals surface area contributed by atoms with Crippen LogP contribution in [0.3, 0.4) is 0 Å². The van der Waals surface area contributed by atoms with Crippen LogP contribution in [0, 0.1) is 6.92 Å². The summed E-state index contributed by atoms with van der Waals surface area (Å²) >= 11 is 0. The summed E-state index contributed by atoms with van der Waals surface area (Å²) in [6, 6.07) is 13.4. The fourth-order valence-electron chi connectivity index (χ4n) is 4.97. The van der Waals surface area contributed by atoms with E-state index in [4.69, 9.17) is 14.5 Å². The summed E-state index contributed by atoms with van der Waals surface area (Å²) in [6.45, 7) is 11.3. The van der Waals surface area contributed by atoms with E-state index in [9.17, 15) is 0 Å². The van der Waals surface area contributed by atoms with Crippen molar-refractivity contribution in [3.8, 4) is 11.5 Å². The molecule has 1 unspecified atom stereocenters. The smallest absolute Gasteiger partial charge is 0.231 e. The first-order chi connectivity index (χ1) is 14.7. The van der Waals surface area contributed by atoms with Gasteiger partial charge in [-0.2, -0.15) is 0 Å². The molecule has 6 nitrogen and oxygen atoms in total. The van der Waals surface area contributed by atoms with Crippen LogP contribution in [-0.2, 0) is 13.1 Å². The number of benzene rings is 1. The summed E-state index contributed by atoms with van der Waals surface area (Å²) in [7, 11) is 0. The summed E-state index contributed by atoms with van der Waals surface area (Å²) in [5.41, 5.74) is 3.62. The van der Waals surface area contributed by atoms with Crippen LogP contribution in [0.4, 0.5) is 0 Å². The molecule has 2 fully saturated rings. The largest absolute Gasteiger partial charge is 0.454 e. The number of piperidine rings is 1. The molecule has 0 spiro atoms. The van der Waals surface area contributed by atoms with Gasteiger partial charge < -0.3 is 9.47 Å². The maximum atomic E-state index is 5.53. The van der Waals surface area contributed by atoms with Gasteiger partial charge in [-0.25, -0.2) is 0 Å². The van der Waals surface area contributed by atoms with Crippen molar-refractivity contribution in [2.45, 2.75) is 38.9 Å². The summed E-state index contributed by atoms with van der Waals surface area (Å²) in [6.07, 6.45) is 2.60. The summed E-state index contributed by atoms with van der Waals surface area (Å²) in [5, 5.41) is 0. The standard InChI is InChI=1S/C24H32N4O2/c1-19-4-2-5-21(25-19)16-27-9-3-6-22(17-27)28-12-10-26(11-13-28)15-20-7-8-23-24(14-20)30-18-29-23/h2,4-5,7-8,14,22H,3,6,9-13,15-18H2,1H3. The number of ether oxygens (including phenoxy) is 2. The predicted octanol–water partition coefficient (Wildman–Crippen LogP) is 2.90. The van der Waals surface area contributed by atoms with E-state index in [0.29, 0.717) is 12.8 Å². The third-order valence-electron chi connectivity index (χ3n) is 6.58. The molecule has 3 aliphatic heterocycles. The average molecular weight is 409 g/mol. The Morgan fingerprint density at radius 3 is 2.67 bits per heavy atom. The van der Waals surface area contributed by atoms with Gasteiger partial charge in [0.2, 0.25) is 6.79 Å². The first kappa shape index (κ1) is 19.8. The molecule has 0 aliphatic carbocycles. The number of hydrogen-bond acceptors (Lipinski definition) is 6. The second kappa shape index (κ2) is 8.92. The molecule has 5 rings (SSSR count). The van der Waals surface area contributed by atoms with E-state index in [0.717, 1.165) is 63.0 Å².